The van der Waals surface area contributed by atoms with E-state index in [2.05, 4.69) is 13.8 Å². The molecule has 1 aromatic heterocycles. The van der Waals surface area contributed by atoms with Gasteiger partial charge in [0.25, 0.3) is 5.91 Å². The zero-order valence-corrected chi connectivity index (χ0v) is 11.4. The van der Waals surface area contributed by atoms with Gasteiger partial charge in [0.05, 0.1) is 0 Å². The molecule has 0 radical (unpaired) electrons. The summed E-state index contributed by atoms with van der Waals surface area (Å²) < 4.78 is 5.67. The molecule has 0 unspecified atom stereocenters. The van der Waals surface area contributed by atoms with Crippen molar-refractivity contribution in [3.05, 3.63) is 35.6 Å². The SMILES string of the molecule is Cc1c(C(=O)N(C)CC(C)C)oc2ccccc12. The van der Waals surface area contributed by atoms with Gasteiger partial charge in [0, 0.05) is 24.5 Å². The molecule has 0 aliphatic heterocycles. The number of amides is 1. The van der Waals surface area contributed by atoms with Gasteiger partial charge in [-0.05, 0) is 18.9 Å². The molecule has 0 saturated heterocycles. The lowest BCUT2D eigenvalue weighted by Crippen LogP contribution is -2.30. The largest absolute Gasteiger partial charge is 0.451 e. The highest BCUT2D eigenvalue weighted by atomic mass is 16.3. The molecule has 96 valence electrons. The van der Waals surface area contributed by atoms with Crippen LogP contribution in [-0.2, 0) is 0 Å². The quantitative estimate of drug-likeness (QED) is 0.829. The lowest BCUT2D eigenvalue weighted by atomic mass is 10.1. The molecule has 2 aromatic rings. The Bertz CT molecular complexity index is 569. The van der Waals surface area contributed by atoms with Crippen molar-refractivity contribution in [1.82, 2.24) is 4.90 Å². The number of furan rings is 1. The molecule has 0 aliphatic carbocycles. The molecule has 3 nitrogen and oxygen atoms in total. The smallest absolute Gasteiger partial charge is 0.289 e. The molecule has 0 N–H and O–H groups in total. The molecule has 1 amide bonds. The highest BCUT2D eigenvalue weighted by Crippen LogP contribution is 2.25. The third-order valence-corrected chi connectivity index (χ3v) is 3.02. The summed E-state index contributed by atoms with van der Waals surface area (Å²) in [5.41, 5.74) is 1.70. The van der Waals surface area contributed by atoms with E-state index in [0.717, 1.165) is 23.1 Å². The van der Waals surface area contributed by atoms with Crippen molar-refractivity contribution in [3.63, 3.8) is 0 Å². The summed E-state index contributed by atoms with van der Waals surface area (Å²) in [6.07, 6.45) is 0. The fourth-order valence-corrected chi connectivity index (χ4v) is 2.18. The highest BCUT2D eigenvalue weighted by Gasteiger charge is 2.20. The first-order valence-electron chi connectivity index (χ1n) is 6.24. The topological polar surface area (TPSA) is 33.5 Å². The fraction of sp³-hybridized carbons (Fsp3) is 0.400. The molecule has 0 spiro atoms. The second-order valence-electron chi connectivity index (χ2n) is 5.13. The molecule has 1 heterocycles. The van der Waals surface area contributed by atoms with Crippen LogP contribution in [0.1, 0.15) is 30.0 Å². The van der Waals surface area contributed by atoms with Gasteiger partial charge in [0.2, 0.25) is 0 Å². The normalized spacial score (nSPS) is 11.2. The van der Waals surface area contributed by atoms with Crippen LogP contribution in [0.5, 0.6) is 0 Å². The van der Waals surface area contributed by atoms with Crippen LogP contribution in [0.3, 0.4) is 0 Å². The predicted octanol–water partition coefficient (Wildman–Crippen LogP) is 3.47. The van der Waals surface area contributed by atoms with Crippen LogP contribution >= 0.6 is 0 Å². The van der Waals surface area contributed by atoms with Crippen molar-refractivity contribution in [2.24, 2.45) is 5.92 Å². The third-order valence-electron chi connectivity index (χ3n) is 3.02. The van der Waals surface area contributed by atoms with Crippen molar-refractivity contribution in [1.29, 1.82) is 0 Å². The summed E-state index contributed by atoms with van der Waals surface area (Å²) in [4.78, 5) is 14.0. The molecule has 3 heteroatoms. The Morgan fingerprint density at radius 2 is 2.00 bits per heavy atom. The Labute approximate surface area is 107 Å². The van der Waals surface area contributed by atoms with E-state index >= 15 is 0 Å². The summed E-state index contributed by atoms with van der Waals surface area (Å²) in [6, 6.07) is 7.74. The Morgan fingerprint density at radius 3 is 2.61 bits per heavy atom. The molecule has 2 rings (SSSR count). The predicted molar refractivity (Wildman–Crippen MR) is 72.7 cm³/mol. The van der Waals surface area contributed by atoms with E-state index in [1.807, 2.05) is 38.2 Å². The molecule has 0 atom stereocenters. The minimum atomic E-state index is -0.0441. The van der Waals surface area contributed by atoms with Gasteiger partial charge in [-0.1, -0.05) is 32.0 Å². The van der Waals surface area contributed by atoms with Crippen LogP contribution in [-0.4, -0.2) is 24.4 Å². The number of benzene rings is 1. The van der Waals surface area contributed by atoms with Crippen LogP contribution in [0.25, 0.3) is 11.0 Å². The van der Waals surface area contributed by atoms with Gasteiger partial charge in [0.1, 0.15) is 5.58 Å². The van der Waals surface area contributed by atoms with Crippen LogP contribution in [0.2, 0.25) is 0 Å². The van der Waals surface area contributed by atoms with Crippen LogP contribution in [0.4, 0.5) is 0 Å². The van der Waals surface area contributed by atoms with Crippen LogP contribution in [0, 0.1) is 12.8 Å². The monoisotopic (exact) mass is 245 g/mol. The number of rotatable bonds is 3. The highest BCUT2D eigenvalue weighted by molar-refractivity contribution is 5.98. The first-order chi connectivity index (χ1) is 8.50. The van der Waals surface area contributed by atoms with E-state index in [1.54, 1.807) is 4.90 Å². The van der Waals surface area contributed by atoms with Gasteiger partial charge in [-0.2, -0.15) is 0 Å². The van der Waals surface area contributed by atoms with E-state index in [-0.39, 0.29) is 5.91 Å². The van der Waals surface area contributed by atoms with Crippen molar-refractivity contribution >= 4 is 16.9 Å². The van der Waals surface area contributed by atoms with Gasteiger partial charge < -0.3 is 9.32 Å². The number of carbonyl (C=O) groups excluding carboxylic acids is 1. The van der Waals surface area contributed by atoms with Crippen molar-refractivity contribution in [3.8, 4) is 0 Å². The average Bonchev–Trinajstić information content (AvgIpc) is 2.66. The molecule has 0 bridgehead atoms. The lowest BCUT2D eigenvalue weighted by molar-refractivity contribution is 0.0749. The fourth-order valence-electron chi connectivity index (χ4n) is 2.18. The van der Waals surface area contributed by atoms with Crippen LogP contribution < -0.4 is 0 Å². The second-order valence-corrected chi connectivity index (χ2v) is 5.13. The van der Waals surface area contributed by atoms with Gasteiger partial charge in [-0.15, -0.1) is 0 Å². The molecule has 0 fully saturated rings. The molecular weight excluding hydrogens is 226 g/mol. The van der Waals surface area contributed by atoms with Crippen molar-refractivity contribution < 1.29 is 9.21 Å². The number of hydrogen-bond acceptors (Lipinski definition) is 2. The Hall–Kier alpha value is -1.77. The maximum atomic E-state index is 12.3. The number of hydrogen-bond donors (Lipinski definition) is 0. The van der Waals surface area contributed by atoms with Crippen LogP contribution in [0.15, 0.2) is 28.7 Å². The first kappa shape index (κ1) is 12.7. The zero-order valence-electron chi connectivity index (χ0n) is 11.4. The number of aryl methyl sites for hydroxylation is 1. The molecule has 1 aromatic carbocycles. The molecular formula is C15H19NO2. The van der Waals surface area contributed by atoms with Gasteiger partial charge >= 0.3 is 0 Å². The van der Waals surface area contributed by atoms with E-state index in [0.29, 0.717) is 11.7 Å². The number of nitrogens with zero attached hydrogens (tertiary/aromatic N) is 1. The third kappa shape index (κ3) is 2.26. The number of carbonyl (C=O) groups is 1. The van der Waals surface area contributed by atoms with Gasteiger partial charge in [0.15, 0.2) is 5.76 Å². The van der Waals surface area contributed by atoms with E-state index < -0.39 is 0 Å². The van der Waals surface area contributed by atoms with Gasteiger partial charge in [-0.3, -0.25) is 4.79 Å². The van der Waals surface area contributed by atoms with Crippen molar-refractivity contribution in [2.45, 2.75) is 20.8 Å². The molecule has 0 saturated carbocycles. The summed E-state index contributed by atoms with van der Waals surface area (Å²) in [6.45, 7) is 6.85. The lowest BCUT2D eigenvalue weighted by Gasteiger charge is -2.18. The standard InChI is InChI=1S/C15H19NO2/c1-10(2)9-16(4)15(17)14-11(3)12-7-5-6-8-13(12)18-14/h5-8,10H,9H2,1-4H3. The number of fused-ring (bicyclic) bond motifs is 1. The van der Waals surface area contributed by atoms with E-state index in [4.69, 9.17) is 4.42 Å². The Morgan fingerprint density at radius 1 is 1.33 bits per heavy atom. The first-order valence-corrected chi connectivity index (χ1v) is 6.24. The van der Waals surface area contributed by atoms with Gasteiger partial charge in [-0.25, -0.2) is 0 Å². The Kier molecular flexibility index (Phi) is 3.41. The summed E-state index contributed by atoms with van der Waals surface area (Å²) in [5, 5.41) is 1.01. The van der Waals surface area contributed by atoms with Crippen molar-refractivity contribution in [2.75, 3.05) is 13.6 Å². The minimum absolute atomic E-state index is 0.0441. The maximum Gasteiger partial charge on any atom is 0.289 e. The maximum absolute atomic E-state index is 12.3. The second kappa shape index (κ2) is 4.84. The molecule has 18 heavy (non-hydrogen) atoms. The van der Waals surface area contributed by atoms with E-state index in [9.17, 15) is 4.79 Å². The minimum Gasteiger partial charge on any atom is -0.451 e. The molecule has 0 aliphatic rings. The van der Waals surface area contributed by atoms with E-state index in [1.165, 1.54) is 0 Å². The summed E-state index contributed by atoms with van der Waals surface area (Å²) in [5.74, 6) is 0.861. The average molecular weight is 245 g/mol. The number of para-hydroxylation sites is 1. The Balaban J connectivity index is 2.36. The zero-order chi connectivity index (χ0) is 13.3. The summed E-state index contributed by atoms with van der Waals surface area (Å²) >= 11 is 0. The summed E-state index contributed by atoms with van der Waals surface area (Å²) in [7, 11) is 1.81.